The van der Waals surface area contributed by atoms with Crippen molar-refractivity contribution in [2.75, 3.05) is 17.3 Å². The Morgan fingerprint density at radius 3 is 2.74 bits per heavy atom. The summed E-state index contributed by atoms with van der Waals surface area (Å²) in [7, 11) is -1.12. The van der Waals surface area contributed by atoms with E-state index in [1.807, 2.05) is 18.5 Å². The predicted molar refractivity (Wildman–Crippen MR) is 88.1 cm³/mol. The molecule has 1 saturated heterocycles. The van der Waals surface area contributed by atoms with Crippen LogP contribution < -0.4 is 5.32 Å². The number of thioether (sulfide) groups is 1. The highest BCUT2D eigenvalue weighted by Gasteiger charge is 2.33. The maximum absolute atomic E-state index is 11.9. The van der Waals surface area contributed by atoms with Gasteiger partial charge in [-0.1, -0.05) is 11.8 Å². The summed E-state index contributed by atoms with van der Waals surface area (Å²) < 4.78 is 25.0. The first-order chi connectivity index (χ1) is 10.9. The number of amides is 1. The van der Waals surface area contributed by atoms with Crippen LogP contribution in [0.3, 0.4) is 0 Å². The number of sulfone groups is 1. The van der Waals surface area contributed by atoms with Crippen LogP contribution in [0.1, 0.15) is 37.9 Å². The Balaban J connectivity index is 1.56. The fourth-order valence-corrected chi connectivity index (χ4v) is 5.41. The highest BCUT2D eigenvalue weighted by atomic mass is 32.2. The number of rotatable bonds is 6. The number of hydrogen-bond acceptors (Lipinski definition) is 6. The number of carbonyl (C=O) groups excluding carboxylic acids is 1. The van der Waals surface area contributed by atoms with E-state index in [1.54, 1.807) is 0 Å². The molecule has 7 nitrogen and oxygen atoms in total. The second-order valence-corrected chi connectivity index (χ2v) is 9.65. The molecule has 1 N–H and O–H groups in total. The summed E-state index contributed by atoms with van der Waals surface area (Å²) in [5.74, 6) is 1.90. The maximum Gasteiger partial charge on any atom is 0.230 e. The van der Waals surface area contributed by atoms with Crippen molar-refractivity contribution >= 4 is 27.5 Å². The van der Waals surface area contributed by atoms with E-state index in [0.717, 1.165) is 0 Å². The van der Waals surface area contributed by atoms with E-state index >= 15 is 0 Å². The van der Waals surface area contributed by atoms with Gasteiger partial charge >= 0.3 is 0 Å². The van der Waals surface area contributed by atoms with Crippen molar-refractivity contribution in [3.8, 4) is 0 Å². The standard InChI is InChI=1S/C14H22N4O3S2/c1-9(10-3-4-10)15-12(19)7-22-14-17-16-13(18(14)2)11-5-6-23(20,21)8-11/h9-11H,3-8H2,1-2H3,(H,15,19)/t9-,11-/m0/s1. The minimum atomic E-state index is -2.94. The van der Waals surface area contributed by atoms with E-state index in [2.05, 4.69) is 15.5 Å². The molecule has 0 bridgehead atoms. The first-order valence-electron chi connectivity index (χ1n) is 7.87. The van der Waals surface area contributed by atoms with Crippen LogP contribution in [0.15, 0.2) is 5.16 Å². The smallest absolute Gasteiger partial charge is 0.230 e. The highest BCUT2D eigenvalue weighted by molar-refractivity contribution is 7.99. The van der Waals surface area contributed by atoms with Gasteiger partial charge in [0.25, 0.3) is 0 Å². The SMILES string of the molecule is C[C@H](NC(=O)CSc1nnc([C@H]2CCS(=O)(=O)C2)n1C)C1CC1. The van der Waals surface area contributed by atoms with Gasteiger partial charge in [-0.2, -0.15) is 0 Å². The number of nitrogens with one attached hydrogen (secondary N) is 1. The van der Waals surface area contributed by atoms with Crippen LogP contribution >= 0.6 is 11.8 Å². The van der Waals surface area contributed by atoms with Gasteiger partial charge in [-0.3, -0.25) is 4.79 Å². The highest BCUT2D eigenvalue weighted by Crippen LogP contribution is 2.32. The molecule has 1 aromatic heterocycles. The number of hydrogen-bond donors (Lipinski definition) is 1. The molecule has 2 heterocycles. The summed E-state index contributed by atoms with van der Waals surface area (Å²) in [6.45, 7) is 2.04. The molecule has 1 aliphatic heterocycles. The third kappa shape index (κ3) is 4.06. The Bertz CT molecular complexity index is 697. The fraction of sp³-hybridized carbons (Fsp3) is 0.786. The number of carbonyl (C=O) groups is 1. The molecular weight excluding hydrogens is 336 g/mol. The van der Waals surface area contributed by atoms with E-state index < -0.39 is 9.84 Å². The Morgan fingerprint density at radius 2 is 2.13 bits per heavy atom. The average Bonchev–Trinajstić information content (AvgIpc) is 3.18. The summed E-state index contributed by atoms with van der Waals surface area (Å²) in [4.78, 5) is 11.9. The minimum absolute atomic E-state index is 0.00222. The molecule has 1 amide bonds. The maximum atomic E-state index is 11.9. The first-order valence-corrected chi connectivity index (χ1v) is 10.7. The lowest BCUT2D eigenvalue weighted by molar-refractivity contribution is -0.119. The van der Waals surface area contributed by atoms with Crippen molar-refractivity contribution in [1.82, 2.24) is 20.1 Å². The zero-order chi connectivity index (χ0) is 16.6. The third-order valence-corrected chi connectivity index (χ3v) is 7.30. The largest absolute Gasteiger partial charge is 0.353 e. The monoisotopic (exact) mass is 358 g/mol. The van der Waals surface area contributed by atoms with Crippen molar-refractivity contribution in [3.05, 3.63) is 5.82 Å². The summed E-state index contributed by atoms with van der Waals surface area (Å²) >= 11 is 1.34. The van der Waals surface area contributed by atoms with E-state index in [4.69, 9.17) is 0 Å². The molecule has 2 atom stereocenters. The molecule has 1 saturated carbocycles. The average molecular weight is 358 g/mol. The fourth-order valence-electron chi connectivity index (χ4n) is 2.95. The van der Waals surface area contributed by atoms with Gasteiger partial charge in [0, 0.05) is 19.0 Å². The van der Waals surface area contributed by atoms with Gasteiger partial charge in [-0.05, 0) is 32.1 Å². The second-order valence-electron chi connectivity index (χ2n) is 6.48. The number of nitrogens with zero attached hydrogens (tertiary/aromatic N) is 3. The molecule has 128 valence electrons. The lowest BCUT2D eigenvalue weighted by atomic mass is 10.1. The summed E-state index contributed by atoms with van der Waals surface area (Å²) in [5, 5.41) is 11.9. The van der Waals surface area contributed by atoms with Crippen molar-refractivity contribution in [2.24, 2.45) is 13.0 Å². The van der Waals surface area contributed by atoms with Gasteiger partial charge in [0.2, 0.25) is 5.91 Å². The van der Waals surface area contributed by atoms with Crippen LogP contribution in [0.4, 0.5) is 0 Å². The molecule has 3 rings (SSSR count). The molecule has 1 aromatic rings. The van der Waals surface area contributed by atoms with Crippen molar-refractivity contribution < 1.29 is 13.2 Å². The first kappa shape index (κ1) is 16.8. The number of aromatic nitrogens is 3. The van der Waals surface area contributed by atoms with E-state index in [9.17, 15) is 13.2 Å². The second kappa shape index (κ2) is 6.43. The van der Waals surface area contributed by atoms with Gasteiger partial charge in [0.15, 0.2) is 15.0 Å². The normalized spacial score (nSPS) is 24.5. The molecule has 2 fully saturated rings. The van der Waals surface area contributed by atoms with Crippen LogP contribution in [-0.4, -0.2) is 52.4 Å². The summed E-state index contributed by atoms with van der Waals surface area (Å²) in [5.41, 5.74) is 0. The Kier molecular flexibility index (Phi) is 4.68. The van der Waals surface area contributed by atoms with Gasteiger partial charge < -0.3 is 9.88 Å². The van der Waals surface area contributed by atoms with Gasteiger partial charge in [-0.15, -0.1) is 10.2 Å². The molecular formula is C14H22N4O3S2. The van der Waals surface area contributed by atoms with Crippen molar-refractivity contribution in [1.29, 1.82) is 0 Å². The van der Waals surface area contributed by atoms with Crippen LogP contribution in [0.25, 0.3) is 0 Å². The van der Waals surface area contributed by atoms with Crippen molar-refractivity contribution in [2.45, 2.75) is 43.3 Å². The molecule has 1 aliphatic carbocycles. The van der Waals surface area contributed by atoms with Crippen LogP contribution in [0.5, 0.6) is 0 Å². The molecule has 0 radical (unpaired) electrons. The molecule has 0 spiro atoms. The summed E-state index contributed by atoms with van der Waals surface area (Å²) in [6.07, 6.45) is 3.00. The minimum Gasteiger partial charge on any atom is -0.353 e. The Labute approximate surface area is 140 Å². The summed E-state index contributed by atoms with van der Waals surface area (Å²) in [6, 6.07) is 0.238. The molecule has 0 aromatic carbocycles. The van der Waals surface area contributed by atoms with Crippen molar-refractivity contribution in [3.63, 3.8) is 0 Å². The molecule has 2 aliphatic rings. The lowest BCUT2D eigenvalue weighted by Crippen LogP contribution is -2.35. The van der Waals surface area contributed by atoms with E-state index in [1.165, 1.54) is 24.6 Å². The third-order valence-electron chi connectivity index (χ3n) is 4.52. The molecule has 9 heteroatoms. The van der Waals surface area contributed by atoms with Crippen LogP contribution in [0.2, 0.25) is 0 Å². The van der Waals surface area contributed by atoms with Gasteiger partial charge in [0.1, 0.15) is 5.82 Å². The quantitative estimate of drug-likeness (QED) is 0.753. The van der Waals surface area contributed by atoms with E-state index in [-0.39, 0.29) is 29.4 Å². The predicted octanol–water partition coefficient (Wildman–Crippen LogP) is 0.724. The lowest BCUT2D eigenvalue weighted by Gasteiger charge is -2.12. The van der Waals surface area contributed by atoms with Crippen LogP contribution in [-0.2, 0) is 21.7 Å². The zero-order valence-corrected chi connectivity index (χ0v) is 15.0. The molecule has 23 heavy (non-hydrogen) atoms. The molecule has 0 unspecified atom stereocenters. The van der Waals surface area contributed by atoms with Gasteiger partial charge in [-0.25, -0.2) is 8.42 Å². The van der Waals surface area contributed by atoms with E-state index in [0.29, 0.717) is 29.1 Å². The Hall–Kier alpha value is -1.09. The Morgan fingerprint density at radius 1 is 1.39 bits per heavy atom. The zero-order valence-electron chi connectivity index (χ0n) is 13.4. The van der Waals surface area contributed by atoms with Crippen LogP contribution in [0, 0.1) is 5.92 Å². The topological polar surface area (TPSA) is 94.0 Å². The van der Waals surface area contributed by atoms with Gasteiger partial charge in [0.05, 0.1) is 17.3 Å².